The fraction of sp³-hybridized carbons (Fsp3) is 0.360. The minimum atomic E-state index is 0.0411. The molecule has 0 radical (unpaired) electrons. The number of carbonyl (C=O) groups is 1. The summed E-state index contributed by atoms with van der Waals surface area (Å²) in [6.07, 6.45) is 7.55. The van der Waals surface area contributed by atoms with Gasteiger partial charge in [-0.1, -0.05) is 43.5 Å². The molecule has 1 aliphatic heterocycles. The van der Waals surface area contributed by atoms with Crippen LogP contribution in [0.5, 0.6) is 11.5 Å². The third kappa shape index (κ3) is 4.96. The third-order valence-electron chi connectivity index (χ3n) is 5.54. The number of nitrogens with zero attached hydrogens (tertiary/aromatic N) is 2. The molecule has 2 aliphatic rings. The molecular formula is C25H28N2O3S. The van der Waals surface area contributed by atoms with Gasteiger partial charge in [-0.05, 0) is 67.4 Å². The standard InChI is InChI=1S/C25H28N2O3S/c1-3-30-21-15-14-18(16-22(21)29-2)17-23-24(28)27(20-12-8-5-9-13-20)25(31-23)26-19-10-6-4-7-11-19/h4,6-7,10-11,14-17,20H,3,5,8-9,12-13H2,1-2H3/b23-17-,26-25?. The van der Waals surface area contributed by atoms with Crippen molar-refractivity contribution in [2.75, 3.05) is 13.7 Å². The second-order valence-corrected chi connectivity index (χ2v) is 8.66. The fourth-order valence-corrected chi connectivity index (χ4v) is 5.10. The summed E-state index contributed by atoms with van der Waals surface area (Å²) in [5.74, 6) is 1.40. The Labute approximate surface area is 188 Å². The minimum Gasteiger partial charge on any atom is -0.493 e. The summed E-state index contributed by atoms with van der Waals surface area (Å²) in [5, 5.41) is 0.771. The van der Waals surface area contributed by atoms with Crippen molar-refractivity contribution in [1.82, 2.24) is 4.90 Å². The summed E-state index contributed by atoms with van der Waals surface area (Å²) in [6.45, 7) is 2.51. The van der Waals surface area contributed by atoms with Crippen molar-refractivity contribution in [3.63, 3.8) is 0 Å². The summed E-state index contributed by atoms with van der Waals surface area (Å²) in [6, 6.07) is 15.8. The molecule has 1 saturated carbocycles. The zero-order chi connectivity index (χ0) is 21.6. The highest BCUT2D eigenvalue weighted by molar-refractivity contribution is 8.18. The van der Waals surface area contributed by atoms with E-state index < -0.39 is 0 Å². The largest absolute Gasteiger partial charge is 0.493 e. The van der Waals surface area contributed by atoms with Gasteiger partial charge < -0.3 is 9.47 Å². The Bertz CT molecular complexity index is 982. The van der Waals surface area contributed by atoms with Gasteiger partial charge in [0, 0.05) is 6.04 Å². The van der Waals surface area contributed by atoms with Crippen molar-refractivity contribution in [2.24, 2.45) is 4.99 Å². The number of amides is 1. The maximum atomic E-state index is 13.4. The zero-order valence-electron chi connectivity index (χ0n) is 18.0. The van der Waals surface area contributed by atoms with Gasteiger partial charge in [0.05, 0.1) is 24.3 Å². The van der Waals surface area contributed by atoms with Crippen molar-refractivity contribution in [3.8, 4) is 11.5 Å². The van der Waals surface area contributed by atoms with Crippen LogP contribution in [0.2, 0.25) is 0 Å². The molecule has 4 rings (SSSR count). The maximum absolute atomic E-state index is 13.4. The first-order chi connectivity index (χ1) is 15.2. The number of hydrogen-bond acceptors (Lipinski definition) is 5. The summed E-state index contributed by atoms with van der Waals surface area (Å²) >= 11 is 1.45. The molecule has 162 valence electrons. The Hall–Kier alpha value is -2.73. The molecule has 1 heterocycles. The minimum absolute atomic E-state index is 0.0411. The highest BCUT2D eigenvalue weighted by atomic mass is 32.2. The van der Waals surface area contributed by atoms with Crippen LogP contribution in [0.3, 0.4) is 0 Å². The average Bonchev–Trinajstić information content (AvgIpc) is 3.10. The van der Waals surface area contributed by atoms with Crippen LogP contribution in [0.25, 0.3) is 6.08 Å². The lowest BCUT2D eigenvalue weighted by molar-refractivity contribution is -0.124. The number of amidine groups is 1. The lowest BCUT2D eigenvalue weighted by Gasteiger charge is -2.30. The van der Waals surface area contributed by atoms with E-state index in [1.54, 1.807) is 7.11 Å². The highest BCUT2D eigenvalue weighted by Crippen LogP contribution is 2.39. The molecule has 1 aliphatic carbocycles. The van der Waals surface area contributed by atoms with E-state index in [9.17, 15) is 4.79 Å². The highest BCUT2D eigenvalue weighted by Gasteiger charge is 2.38. The first-order valence-corrected chi connectivity index (χ1v) is 11.7. The van der Waals surface area contributed by atoms with Gasteiger partial charge in [-0.15, -0.1) is 0 Å². The molecule has 0 unspecified atom stereocenters. The quantitative estimate of drug-likeness (QED) is 0.519. The molecule has 1 saturated heterocycles. The normalized spacial score (nSPS) is 19.9. The first kappa shape index (κ1) is 21.5. The van der Waals surface area contributed by atoms with E-state index in [2.05, 4.69) is 0 Å². The Morgan fingerprint density at radius 2 is 1.87 bits per heavy atom. The molecule has 31 heavy (non-hydrogen) atoms. The number of rotatable bonds is 6. The Kier molecular flexibility index (Phi) is 6.97. The monoisotopic (exact) mass is 436 g/mol. The average molecular weight is 437 g/mol. The Morgan fingerprint density at radius 3 is 2.58 bits per heavy atom. The smallest absolute Gasteiger partial charge is 0.267 e. The second kappa shape index (κ2) is 10.1. The summed E-state index contributed by atoms with van der Waals surface area (Å²) in [7, 11) is 1.62. The van der Waals surface area contributed by atoms with Crippen molar-refractivity contribution >= 4 is 34.6 Å². The lowest BCUT2D eigenvalue weighted by atomic mass is 9.94. The van der Waals surface area contributed by atoms with Gasteiger partial charge in [0.25, 0.3) is 5.91 Å². The summed E-state index contributed by atoms with van der Waals surface area (Å²) < 4.78 is 11.1. The van der Waals surface area contributed by atoms with Crippen LogP contribution < -0.4 is 9.47 Å². The van der Waals surface area contributed by atoms with Crippen LogP contribution in [0.15, 0.2) is 58.4 Å². The van der Waals surface area contributed by atoms with Crippen LogP contribution in [0.1, 0.15) is 44.6 Å². The molecular weight excluding hydrogens is 408 g/mol. The molecule has 6 heteroatoms. The van der Waals surface area contributed by atoms with Crippen molar-refractivity contribution in [2.45, 2.75) is 45.1 Å². The van der Waals surface area contributed by atoms with Gasteiger partial charge in [0.2, 0.25) is 0 Å². The van der Waals surface area contributed by atoms with Gasteiger partial charge in [-0.3, -0.25) is 9.69 Å². The first-order valence-electron chi connectivity index (χ1n) is 10.9. The van der Waals surface area contributed by atoms with Crippen molar-refractivity contribution < 1.29 is 14.3 Å². The second-order valence-electron chi connectivity index (χ2n) is 7.65. The van der Waals surface area contributed by atoms with E-state index in [1.807, 2.05) is 66.4 Å². The predicted molar refractivity (Wildman–Crippen MR) is 127 cm³/mol. The van der Waals surface area contributed by atoms with Gasteiger partial charge in [0.15, 0.2) is 16.7 Å². The van der Waals surface area contributed by atoms with Crippen LogP contribution in [0, 0.1) is 0 Å². The third-order valence-corrected chi connectivity index (χ3v) is 6.53. The lowest BCUT2D eigenvalue weighted by Crippen LogP contribution is -2.40. The van der Waals surface area contributed by atoms with E-state index in [-0.39, 0.29) is 11.9 Å². The summed E-state index contributed by atoms with van der Waals surface area (Å²) in [5.41, 5.74) is 1.77. The zero-order valence-corrected chi connectivity index (χ0v) is 18.9. The number of benzene rings is 2. The van der Waals surface area contributed by atoms with E-state index >= 15 is 0 Å². The Morgan fingerprint density at radius 1 is 1.10 bits per heavy atom. The molecule has 0 N–H and O–H groups in total. The molecule has 2 aromatic carbocycles. The van der Waals surface area contributed by atoms with Crippen LogP contribution in [-0.4, -0.2) is 35.7 Å². The number of para-hydroxylation sites is 1. The maximum Gasteiger partial charge on any atom is 0.267 e. The number of hydrogen-bond donors (Lipinski definition) is 0. The van der Waals surface area contributed by atoms with E-state index in [1.165, 1.54) is 18.2 Å². The number of thioether (sulfide) groups is 1. The van der Waals surface area contributed by atoms with Crippen LogP contribution in [0.4, 0.5) is 5.69 Å². The topological polar surface area (TPSA) is 51.1 Å². The SMILES string of the molecule is CCOc1ccc(/C=C2\SC(=Nc3ccccc3)N(C3CCCCC3)C2=O)cc1OC. The molecule has 0 atom stereocenters. The molecule has 0 spiro atoms. The number of aliphatic imine (C=N–C) groups is 1. The predicted octanol–water partition coefficient (Wildman–Crippen LogP) is 6.03. The van der Waals surface area contributed by atoms with Gasteiger partial charge in [-0.2, -0.15) is 0 Å². The molecule has 2 fully saturated rings. The molecule has 0 aromatic heterocycles. The van der Waals surface area contributed by atoms with Crippen molar-refractivity contribution in [1.29, 1.82) is 0 Å². The van der Waals surface area contributed by atoms with Gasteiger partial charge in [-0.25, -0.2) is 4.99 Å². The van der Waals surface area contributed by atoms with E-state index in [0.717, 1.165) is 42.1 Å². The molecule has 5 nitrogen and oxygen atoms in total. The van der Waals surface area contributed by atoms with E-state index in [4.69, 9.17) is 14.5 Å². The number of ether oxygens (including phenoxy) is 2. The van der Waals surface area contributed by atoms with Gasteiger partial charge in [0.1, 0.15) is 0 Å². The fourth-order valence-electron chi connectivity index (χ4n) is 4.04. The van der Waals surface area contributed by atoms with Crippen LogP contribution in [-0.2, 0) is 4.79 Å². The number of carbonyl (C=O) groups excluding carboxylic acids is 1. The molecule has 2 aromatic rings. The van der Waals surface area contributed by atoms with E-state index in [0.29, 0.717) is 23.0 Å². The van der Waals surface area contributed by atoms with Crippen molar-refractivity contribution in [3.05, 3.63) is 59.0 Å². The number of methoxy groups -OCH3 is 1. The van der Waals surface area contributed by atoms with Gasteiger partial charge >= 0.3 is 0 Å². The molecule has 1 amide bonds. The molecule has 0 bridgehead atoms. The Balaban J connectivity index is 1.67. The van der Waals surface area contributed by atoms with Crippen LogP contribution >= 0.6 is 11.8 Å². The summed E-state index contributed by atoms with van der Waals surface area (Å²) in [4.78, 5) is 20.9.